The van der Waals surface area contributed by atoms with E-state index in [1.54, 1.807) is 18.0 Å². The SMILES string of the molecule is CNC(=O)Nc1cc(Nc2nccc3c2N(C)[C@@H](C)c2nn(C)nc2-3)c(C(=O)NC)nn1. The average molecular weight is 437 g/mol. The lowest BCUT2D eigenvalue weighted by Gasteiger charge is -2.33. The molecular weight excluding hydrogens is 414 g/mol. The van der Waals surface area contributed by atoms with E-state index >= 15 is 0 Å². The summed E-state index contributed by atoms with van der Waals surface area (Å²) in [5.41, 5.74) is 3.69. The lowest BCUT2D eigenvalue weighted by atomic mass is 9.99. The molecule has 3 aromatic heterocycles. The minimum absolute atomic E-state index is 0.0459. The zero-order chi connectivity index (χ0) is 23.0. The van der Waals surface area contributed by atoms with Crippen LogP contribution in [0.1, 0.15) is 29.1 Å². The number of rotatable bonds is 4. The quantitative estimate of drug-likeness (QED) is 0.468. The Morgan fingerprint density at radius 2 is 1.88 bits per heavy atom. The molecule has 0 spiro atoms. The van der Waals surface area contributed by atoms with Crippen molar-refractivity contribution in [2.45, 2.75) is 13.0 Å². The predicted octanol–water partition coefficient (Wildman–Crippen LogP) is 1.03. The van der Waals surface area contributed by atoms with Crippen molar-refractivity contribution in [3.63, 3.8) is 0 Å². The third-order valence-corrected chi connectivity index (χ3v) is 5.21. The maximum absolute atomic E-state index is 12.4. The third-order valence-electron chi connectivity index (χ3n) is 5.21. The minimum Gasteiger partial charge on any atom is -0.363 e. The molecule has 3 aromatic rings. The van der Waals surface area contributed by atoms with Crippen LogP contribution in [0.5, 0.6) is 0 Å². The van der Waals surface area contributed by atoms with E-state index in [1.807, 2.05) is 24.9 Å². The molecule has 0 aliphatic carbocycles. The lowest BCUT2D eigenvalue weighted by molar-refractivity contribution is 0.0958. The second-order valence-corrected chi connectivity index (χ2v) is 7.17. The largest absolute Gasteiger partial charge is 0.363 e. The van der Waals surface area contributed by atoms with Gasteiger partial charge in [0.05, 0.1) is 17.4 Å². The molecule has 166 valence electrons. The first-order chi connectivity index (χ1) is 15.3. The molecule has 1 aliphatic rings. The zero-order valence-electron chi connectivity index (χ0n) is 18.3. The van der Waals surface area contributed by atoms with Crippen LogP contribution in [-0.2, 0) is 7.05 Å². The van der Waals surface area contributed by atoms with Crippen molar-refractivity contribution in [2.75, 3.05) is 36.7 Å². The molecule has 32 heavy (non-hydrogen) atoms. The van der Waals surface area contributed by atoms with E-state index in [9.17, 15) is 9.59 Å². The van der Waals surface area contributed by atoms with Gasteiger partial charge in [0.2, 0.25) is 0 Å². The summed E-state index contributed by atoms with van der Waals surface area (Å²) in [6.07, 6.45) is 1.65. The highest BCUT2D eigenvalue weighted by molar-refractivity contribution is 6.00. The second-order valence-electron chi connectivity index (χ2n) is 7.17. The fraction of sp³-hybridized carbons (Fsp3) is 0.316. The number of fused-ring (bicyclic) bond motifs is 3. The summed E-state index contributed by atoms with van der Waals surface area (Å²) in [7, 11) is 6.71. The molecule has 0 aromatic carbocycles. The van der Waals surface area contributed by atoms with E-state index in [-0.39, 0.29) is 17.6 Å². The summed E-state index contributed by atoms with van der Waals surface area (Å²) in [5.74, 6) is 0.230. The number of anilines is 4. The Morgan fingerprint density at radius 3 is 2.59 bits per heavy atom. The van der Waals surface area contributed by atoms with Gasteiger partial charge < -0.3 is 20.9 Å². The van der Waals surface area contributed by atoms with Crippen LogP contribution in [0.2, 0.25) is 0 Å². The highest BCUT2D eigenvalue weighted by Gasteiger charge is 2.32. The molecule has 0 unspecified atom stereocenters. The summed E-state index contributed by atoms with van der Waals surface area (Å²) in [6, 6.07) is 2.89. The molecule has 4 heterocycles. The van der Waals surface area contributed by atoms with Crippen LogP contribution in [0.25, 0.3) is 11.3 Å². The van der Waals surface area contributed by atoms with Crippen molar-refractivity contribution in [1.82, 2.24) is 40.8 Å². The topological polar surface area (TPSA) is 155 Å². The van der Waals surface area contributed by atoms with Crippen molar-refractivity contribution in [1.29, 1.82) is 0 Å². The first-order valence-electron chi connectivity index (χ1n) is 9.83. The van der Waals surface area contributed by atoms with E-state index in [0.717, 1.165) is 22.6 Å². The summed E-state index contributed by atoms with van der Waals surface area (Å²) < 4.78 is 0. The molecule has 4 rings (SSSR count). The van der Waals surface area contributed by atoms with Crippen molar-refractivity contribution in [3.05, 3.63) is 29.7 Å². The van der Waals surface area contributed by atoms with Gasteiger partial charge in [-0.2, -0.15) is 15.0 Å². The van der Waals surface area contributed by atoms with E-state index in [4.69, 9.17) is 0 Å². The first-order valence-corrected chi connectivity index (χ1v) is 9.83. The van der Waals surface area contributed by atoms with Crippen molar-refractivity contribution >= 4 is 34.9 Å². The highest BCUT2D eigenvalue weighted by Crippen LogP contribution is 2.45. The number of hydrogen-bond acceptors (Lipinski definition) is 9. The smallest absolute Gasteiger partial charge is 0.320 e. The molecule has 13 heteroatoms. The van der Waals surface area contributed by atoms with Crippen LogP contribution in [0.15, 0.2) is 18.3 Å². The average Bonchev–Trinajstić information content (AvgIpc) is 3.19. The number of urea groups is 1. The number of aryl methyl sites for hydroxylation is 1. The van der Waals surface area contributed by atoms with Gasteiger partial charge in [-0.05, 0) is 13.0 Å². The number of aromatic nitrogens is 6. The normalized spacial score (nSPS) is 14.3. The molecular formula is C19H23N11O2. The van der Waals surface area contributed by atoms with Crippen LogP contribution in [0.3, 0.4) is 0 Å². The number of carbonyl (C=O) groups excluding carboxylic acids is 2. The van der Waals surface area contributed by atoms with Crippen LogP contribution in [0, 0.1) is 0 Å². The van der Waals surface area contributed by atoms with Crippen molar-refractivity contribution in [2.24, 2.45) is 7.05 Å². The van der Waals surface area contributed by atoms with Gasteiger partial charge in [0.1, 0.15) is 11.4 Å². The molecule has 0 fully saturated rings. The molecule has 4 N–H and O–H groups in total. The second kappa shape index (κ2) is 8.09. The van der Waals surface area contributed by atoms with Crippen molar-refractivity contribution in [3.8, 4) is 11.3 Å². The van der Waals surface area contributed by atoms with Crippen LogP contribution < -0.4 is 26.2 Å². The summed E-state index contributed by atoms with van der Waals surface area (Å²) in [4.78, 5) is 32.2. The van der Waals surface area contributed by atoms with Gasteiger partial charge in [-0.1, -0.05) is 0 Å². The molecule has 0 bridgehead atoms. The molecule has 13 nitrogen and oxygen atoms in total. The number of amides is 3. The molecule has 1 aliphatic heterocycles. The summed E-state index contributed by atoms with van der Waals surface area (Å²) in [6.45, 7) is 2.03. The van der Waals surface area contributed by atoms with Gasteiger partial charge in [0, 0.05) is 46.0 Å². The van der Waals surface area contributed by atoms with Crippen LogP contribution in [-0.4, -0.2) is 63.3 Å². The van der Waals surface area contributed by atoms with E-state index in [0.29, 0.717) is 11.5 Å². The van der Waals surface area contributed by atoms with Gasteiger partial charge in [-0.15, -0.1) is 10.2 Å². The first kappa shape index (κ1) is 21.0. The number of hydrogen-bond donors (Lipinski definition) is 4. The minimum atomic E-state index is -0.461. The third kappa shape index (κ3) is 3.53. The zero-order valence-corrected chi connectivity index (χ0v) is 18.3. The Morgan fingerprint density at radius 1 is 1.09 bits per heavy atom. The Kier molecular flexibility index (Phi) is 5.30. The Labute approximate surface area is 183 Å². The van der Waals surface area contributed by atoms with Crippen molar-refractivity contribution < 1.29 is 9.59 Å². The molecule has 0 saturated carbocycles. The van der Waals surface area contributed by atoms with Gasteiger partial charge in [-0.25, -0.2) is 9.78 Å². The van der Waals surface area contributed by atoms with E-state index in [2.05, 4.69) is 46.6 Å². The van der Waals surface area contributed by atoms with Gasteiger partial charge in [0.15, 0.2) is 17.3 Å². The Hall–Kier alpha value is -4.29. The number of nitrogens with one attached hydrogen (secondary N) is 4. The van der Waals surface area contributed by atoms with E-state index < -0.39 is 11.9 Å². The molecule has 0 saturated heterocycles. The maximum Gasteiger partial charge on any atom is 0.320 e. The summed E-state index contributed by atoms with van der Waals surface area (Å²) >= 11 is 0. The standard InChI is InChI=1S/C19H23N11O2/c1-9-13-14(28-30(5)27-13)10-6-7-22-17(16(10)29(9)4)23-11-8-12(24-19(32)21-3)25-26-15(11)18(31)20-2/h6-9H,1-5H3,(H,20,31)(H3,21,22,23,24,25,32)/t9-/m0/s1. The van der Waals surface area contributed by atoms with Gasteiger partial charge in [0.25, 0.3) is 5.91 Å². The van der Waals surface area contributed by atoms with Gasteiger partial charge >= 0.3 is 6.03 Å². The van der Waals surface area contributed by atoms with Gasteiger partial charge in [-0.3, -0.25) is 10.1 Å². The fourth-order valence-electron chi connectivity index (χ4n) is 3.51. The molecule has 1 atom stereocenters. The lowest BCUT2D eigenvalue weighted by Crippen LogP contribution is -2.28. The monoisotopic (exact) mass is 437 g/mol. The summed E-state index contributed by atoms with van der Waals surface area (Å²) in [5, 5.41) is 27.6. The molecule has 0 radical (unpaired) electrons. The Bertz CT molecular complexity index is 1210. The predicted molar refractivity (Wildman–Crippen MR) is 118 cm³/mol. The van der Waals surface area contributed by atoms with E-state index in [1.165, 1.54) is 20.2 Å². The fourth-order valence-corrected chi connectivity index (χ4v) is 3.51. The number of carbonyl (C=O) groups is 2. The Balaban J connectivity index is 1.81. The maximum atomic E-state index is 12.4. The highest BCUT2D eigenvalue weighted by atomic mass is 16.2. The number of pyridine rings is 1. The molecule has 3 amide bonds. The van der Waals surface area contributed by atoms with Crippen LogP contribution >= 0.6 is 0 Å². The van der Waals surface area contributed by atoms with Crippen LogP contribution in [0.4, 0.5) is 27.8 Å². The number of nitrogens with zero attached hydrogens (tertiary/aromatic N) is 7.